The van der Waals surface area contributed by atoms with Crippen LogP contribution in [0.2, 0.25) is 0 Å². The van der Waals surface area contributed by atoms with Gasteiger partial charge in [0.2, 0.25) is 0 Å². The number of fused-ring (bicyclic) bond motifs is 15. The van der Waals surface area contributed by atoms with Gasteiger partial charge in [-0.25, -0.2) is 0 Å². The van der Waals surface area contributed by atoms with Crippen LogP contribution in [0.3, 0.4) is 0 Å². The molecule has 0 radical (unpaired) electrons. The molecule has 4 nitrogen and oxygen atoms in total. The van der Waals surface area contributed by atoms with Crippen molar-refractivity contribution in [1.29, 1.82) is 0 Å². The molecular formula is C75H50N2O2. The molecule has 4 heteroatoms. The molecule has 13 aromatic carbocycles. The minimum atomic E-state index is -0.785. The molecule has 0 saturated heterocycles. The molecule has 0 saturated carbocycles. The molecule has 2 aromatic heterocycles. The average Bonchev–Trinajstić information content (AvgIpc) is 4.36. The summed E-state index contributed by atoms with van der Waals surface area (Å²) < 4.78 is 14.1. The molecule has 2 heterocycles. The number of furan rings is 2. The Labute approximate surface area is 457 Å². The van der Waals surface area contributed by atoms with Crippen LogP contribution in [0.4, 0.5) is 34.1 Å². The largest absolute Gasteiger partial charge is 0.454 e. The highest BCUT2D eigenvalue weighted by molar-refractivity contribution is 6.23. The van der Waals surface area contributed by atoms with Crippen molar-refractivity contribution >= 4 is 110 Å². The summed E-state index contributed by atoms with van der Waals surface area (Å²) >= 11 is 0. The standard InChI is InChI=1S/C75H50N2O2/c1-47-19-15-27-53(43-47)76(65-35-17-33-61-71-56-29-11-9-21-49(56)37-41-68(71)78-73(61)65)55-39-40-60-63(45-55)75(51-23-5-3-6-24-51,52-25-7-4-8-26-52)64-46-67(58-31-13-14-32-59(58)70(60)64)77(54-28-16-20-48(2)44-54)66-36-18-34-62-72-57-30-12-10-22-50(57)38-42-69(72)79-74(62)66/h3-46H,1-2H3. The summed E-state index contributed by atoms with van der Waals surface area (Å²) in [5.74, 6) is 0. The van der Waals surface area contributed by atoms with Crippen molar-refractivity contribution in [2.24, 2.45) is 0 Å². The van der Waals surface area contributed by atoms with Crippen molar-refractivity contribution in [2.75, 3.05) is 9.80 Å². The van der Waals surface area contributed by atoms with Gasteiger partial charge in [-0.3, -0.25) is 0 Å². The van der Waals surface area contributed by atoms with Crippen LogP contribution in [0.15, 0.2) is 276 Å². The Bertz CT molecular complexity index is 4910. The predicted octanol–water partition coefficient (Wildman–Crippen LogP) is 20.9. The van der Waals surface area contributed by atoms with E-state index in [2.05, 4.69) is 291 Å². The Morgan fingerprint density at radius 2 is 0.785 bits per heavy atom. The minimum Gasteiger partial charge on any atom is -0.454 e. The van der Waals surface area contributed by atoms with E-state index in [9.17, 15) is 0 Å². The molecule has 1 aliphatic carbocycles. The lowest BCUT2D eigenvalue weighted by atomic mass is 9.67. The van der Waals surface area contributed by atoms with Crippen LogP contribution >= 0.6 is 0 Å². The van der Waals surface area contributed by atoms with Crippen LogP contribution in [-0.2, 0) is 5.41 Å². The smallest absolute Gasteiger partial charge is 0.159 e. The van der Waals surface area contributed by atoms with Gasteiger partial charge < -0.3 is 18.6 Å². The third kappa shape index (κ3) is 6.68. The zero-order valence-corrected chi connectivity index (χ0v) is 43.6. The van der Waals surface area contributed by atoms with E-state index in [0.717, 1.165) is 83.4 Å². The van der Waals surface area contributed by atoms with Crippen molar-refractivity contribution in [1.82, 2.24) is 0 Å². The SMILES string of the molecule is Cc1cccc(N(c2ccc3c(c2)C(c2ccccc2)(c2ccccc2)c2cc(N(c4cccc(C)c4)c4cccc5c4oc4ccc6ccccc6c45)c4ccccc4c2-3)c2cccc3c2oc2ccc4ccccc4c23)c1. The number of anilines is 6. The third-order valence-corrected chi connectivity index (χ3v) is 16.8. The fourth-order valence-electron chi connectivity index (χ4n) is 13.5. The van der Waals surface area contributed by atoms with Crippen LogP contribution in [0.5, 0.6) is 0 Å². The van der Waals surface area contributed by atoms with E-state index < -0.39 is 5.41 Å². The second-order valence-corrected chi connectivity index (χ2v) is 21.3. The van der Waals surface area contributed by atoms with Gasteiger partial charge in [-0.2, -0.15) is 0 Å². The summed E-state index contributed by atoms with van der Waals surface area (Å²) in [6, 6.07) is 97.8. The fraction of sp³-hybridized carbons (Fsp3) is 0.0400. The van der Waals surface area contributed by atoms with Crippen molar-refractivity contribution in [3.05, 3.63) is 300 Å². The van der Waals surface area contributed by atoms with Gasteiger partial charge in [-0.15, -0.1) is 0 Å². The maximum Gasteiger partial charge on any atom is 0.159 e. The van der Waals surface area contributed by atoms with E-state index in [1.54, 1.807) is 0 Å². The molecule has 16 rings (SSSR count). The van der Waals surface area contributed by atoms with Crippen molar-refractivity contribution in [3.63, 3.8) is 0 Å². The highest BCUT2D eigenvalue weighted by Gasteiger charge is 2.48. The van der Waals surface area contributed by atoms with Gasteiger partial charge in [0.1, 0.15) is 11.2 Å². The lowest BCUT2D eigenvalue weighted by Gasteiger charge is -2.36. The van der Waals surface area contributed by atoms with Gasteiger partial charge in [0.25, 0.3) is 0 Å². The molecule has 0 unspecified atom stereocenters. The van der Waals surface area contributed by atoms with E-state index in [4.69, 9.17) is 8.83 Å². The minimum absolute atomic E-state index is 0.785. The average molecular weight is 1010 g/mol. The van der Waals surface area contributed by atoms with Crippen molar-refractivity contribution in [3.8, 4) is 11.1 Å². The maximum atomic E-state index is 7.11. The highest BCUT2D eigenvalue weighted by Crippen LogP contribution is 2.61. The lowest BCUT2D eigenvalue weighted by Crippen LogP contribution is -2.29. The van der Waals surface area contributed by atoms with E-state index >= 15 is 0 Å². The number of rotatable bonds is 8. The Morgan fingerprint density at radius 3 is 1.35 bits per heavy atom. The monoisotopic (exact) mass is 1010 g/mol. The number of benzene rings is 13. The van der Waals surface area contributed by atoms with E-state index in [1.807, 2.05) is 0 Å². The van der Waals surface area contributed by atoms with Crippen LogP contribution in [0.25, 0.3) is 87.3 Å². The second kappa shape index (κ2) is 17.4. The summed E-state index contributed by atoms with van der Waals surface area (Å²) in [6.45, 7) is 4.35. The first-order valence-electron chi connectivity index (χ1n) is 27.2. The zero-order chi connectivity index (χ0) is 52.3. The Morgan fingerprint density at radius 1 is 0.316 bits per heavy atom. The number of aryl methyl sites for hydroxylation is 2. The molecule has 0 spiro atoms. The fourth-order valence-corrected chi connectivity index (χ4v) is 13.5. The number of para-hydroxylation sites is 2. The van der Waals surface area contributed by atoms with E-state index in [-0.39, 0.29) is 0 Å². The molecule has 15 aromatic rings. The van der Waals surface area contributed by atoms with Crippen molar-refractivity contribution in [2.45, 2.75) is 19.3 Å². The summed E-state index contributed by atoms with van der Waals surface area (Å²) in [6.07, 6.45) is 0. The molecular weight excluding hydrogens is 961 g/mol. The van der Waals surface area contributed by atoms with Gasteiger partial charge in [0, 0.05) is 44.0 Å². The van der Waals surface area contributed by atoms with Gasteiger partial charge in [0.05, 0.1) is 22.5 Å². The second-order valence-electron chi connectivity index (χ2n) is 21.3. The van der Waals surface area contributed by atoms with Crippen LogP contribution in [0.1, 0.15) is 33.4 Å². The predicted molar refractivity (Wildman–Crippen MR) is 330 cm³/mol. The molecule has 0 aliphatic heterocycles. The summed E-state index contributed by atoms with van der Waals surface area (Å²) in [7, 11) is 0. The number of hydrogen-bond donors (Lipinski definition) is 0. The summed E-state index contributed by atoms with van der Waals surface area (Å²) in [5.41, 5.74) is 18.3. The van der Waals surface area contributed by atoms with Crippen molar-refractivity contribution < 1.29 is 8.83 Å². The number of nitrogens with zero attached hydrogens (tertiary/aromatic N) is 2. The normalized spacial score (nSPS) is 12.8. The van der Waals surface area contributed by atoms with Crippen LogP contribution < -0.4 is 9.80 Å². The molecule has 1 aliphatic rings. The number of hydrogen-bond acceptors (Lipinski definition) is 4. The first-order valence-corrected chi connectivity index (χ1v) is 27.2. The highest BCUT2D eigenvalue weighted by atomic mass is 16.3. The summed E-state index contributed by atoms with van der Waals surface area (Å²) in [5, 5.41) is 11.5. The molecule has 0 amide bonds. The topological polar surface area (TPSA) is 32.8 Å². The zero-order valence-electron chi connectivity index (χ0n) is 43.6. The molecule has 0 fully saturated rings. The third-order valence-electron chi connectivity index (χ3n) is 16.8. The molecule has 0 N–H and O–H groups in total. The van der Waals surface area contributed by atoms with E-state index in [0.29, 0.717) is 0 Å². The van der Waals surface area contributed by atoms with Gasteiger partial charge in [0.15, 0.2) is 11.2 Å². The van der Waals surface area contributed by atoms with Gasteiger partial charge in [-0.05, 0) is 152 Å². The molecule has 0 atom stereocenters. The molecule has 372 valence electrons. The Balaban J connectivity index is 0.999. The molecule has 0 bridgehead atoms. The Kier molecular flexibility index (Phi) is 9.95. The molecule has 79 heavy (non-hydrogen) atoms. The van der Waals surface area contributed by atoms with Gasteiger partial charge >= 0.3 is 0 Å². The maximum absolute atomic E-state index is 7.11. The van der Waals surface area contributed by atoms with Gasteiger partial charge in [-0.1, -0.05) is 200 Å². The van der Waals surface area contributed by atoms with Crippen LogP contribution in [-0.4, -0.2) is 0 Å². The first-order chi connectivity index (χ1) is 39.0. The summed E-state index contributed by atoms with van der Waals surface area (Å²) in [4.78, 5) is 4.86. The quantitative estimate of drug-likeness (QED) is 0.152. The van der Waals surface area contributed by atoms with E-state index in [1.165, 1.54) is 71.4 Å². The lowest BCUT2D eigenvalue weighted by molar-refractivity contribution is 0.669. The van der Waals surface area contributed by atoms with Crippen LogP contribution in [0, 0.1) is 13.8 Å². The Hall–Kier alpha value is -10.2. The first kappa shape index (κ1) is 45.1.